The fourth-order valence-corrected chi connectivity index (χ4v) is 3.67. The zero-order chi connectivity index (χ0) is 8.04. The van der Waals surface area contributed by atoms with Crippen LogP contribution < -0.4 is 0 Å². The first-order valence-electron chi connectivity index (χ1n) is 3.04. The predicted molar refractivity (Wildman–Crippen MR) is 51.1 cm³/mol. The molecule has 0 atom stereocenters. The Kier molecular flexibility index (Phi) is 6.07. The van der Waals surface area contributed by atoms with E-state index in [0.717, 1.165) is 12.2 Å². The van der Waals surface area contributed by atoms with Gasteiger partial charge < -0.3 is 9.05 Å². The van der Waals surface area contributed by atoms with E-state index in [4.69, 9.17) is 20.9 Å². The quantitative estimate of drug-likeness (QED) is 0.635. The van der Waals surface area contributed by atoms with E-state index in [2.05, 4.69) is 6.92 Å². The SMILES string of the molecule is CCCSP(=S)(OC)OC. The summed E-state index contributed by atoms with van der Waals surface area (Å²) in [5.74, 6) is 1.01. The number of hydrogen-bond donors (Lipinski definition) is 0. The van der Waals surface area contributed by atoms with Gasteiger partial charge in [0, 0.05) is 20.0 Å². The van der Waals surface area contributed by atoms with Gasteiger partial charge in [-0.2, -0.15) is 0 Å². The molecule has 0 saturated carbocycles. The molecule has 0 fully saturated rings. The van der Waals surface area contributed by atoms with Crippen LogP contribution in [-0.4, -0.2) is 20.0 Å². The van der Waals surface area contributed by atoms with Gasteiger partial charge in [0.25, 0.3) is 0 Å². The molecule has 0 aliphatic rings. The van der Waals surface area contributed by atoms with Gasteiger partial charge in [0.05, 0.1) is 0 Å². The highest BCUT2D eigenvalue weighted by Crippen LogP contribution is 2.59. The summed E-state index contributed by atoms with van der Waals surface area (Å²) in [6.45, 7) is 2.11. The third-order valence-electron chi connectivity index (χ3n) is 0.901. The second-order valence-electron chi connectivity index (χ2n) is 1.65. The average molecular weight is 200 g/mol. The van der Waals surface area contributed by atoms with Crippen LogP contribution in [0, 0.1) is 0 Å². The fraction of sp³-hybridized carbons (Fsp3) is 1.00. The normalized spacial score (nSPS) is 11.9. The predicted octanol–water partition coefficient (Wildman–Crippen LogP) is 2.65. The summed E-state index contributed by atoms with van der Waals surface area (Å²) in [6, 6.07) is 0. The second kappa shape index (κ2) is 5.56. The molecule has 62 valence electrons. The van der Waals surface area contributed by atoms with Gasteiger partial charge in [-0.25, -0.2) is 0 Å². The molecule has 0 aliphatic carbocycles. The van der Waals surface area contributed by atoms with Crippen LogP contribution in [-0.2, 0) is 20.9 Å². The van der Waals surface area contributed by atoms with Crippen molar-refractivity contribution in [1.29, 1.82) is 0 Å². The summed E-state index contributed by atoms with van der Waals surface area (Å²) in [5.41, 5.74) is -1.95. The van der Waals surface area contributed by atoms with Gasteiger partial charge in [0.2, 0.25) is 5.69 Å². The minimum absolute atomic E-state index is 1.01. The Bertz CT molecular complexity index is 121. The van der Waals surface area contributed by atoms with Gasteiger partial charge in [-0.1, -0.05) is 18.3 Å². The molecule has 0 aromatic carbocycles. The molecule has 0 spiro atoms. The summed E-state index contributed by atoms with van der Waals surface area (Å²) in [5, 5.41) is 0. The molecule has 10 heavy (non-hydrogen) atoms. The lowest BCUT2D eigenvalue weighted by molar-refractivity contribution is 0.354. The highest BCUT2D eigenvalue weighted by Gasteiger charge is 2.14. The molecule has 0 amide bonds. The maximum absolute atomic E-state index is 5.10. The summed E-state index contributed by atoms with van der Waals surface area (Å²) >= 11 is 6.70. The molecule has 0 aromatic heterocycles. The van der Waals surface area contributed by atoms with Gasteiger partial charge >= 0.3 is 0 Å². The van der Waals surface area contributed by atoms with Gasteiger partial charge in [0.15, 0.2) is 0 Å². The van der Waals surface area contributed by atoms with Crippen molar-refractivity contribution < 1.29 is 9.05 Å². The van der Waals surface area contributed by atoms with Crippen molar-refractivity contribution in [2.45, 2.75) is 13.3 Å². The number of rotatable bonds is 5. The zero-order valence-electron chi connectivity index (χ0n) is 6.49. The Morgan fingerprint density at radius 1 is 1.40 bits per heavy atom. The summed E-state index contributed by atoms with van der Waals surface area (Å²) in [6.07, 6.45) is 1.11. The molecule has 0 heterocycles. The van der Waals surface area contributed by atoms with Crippen molar-refractivity contribution in [3.63, 3.8) is 0 Å². The van der Waals surface area contributed by atoms with Crippen molar-refractivity contribution >= 4 is 28.9 Å². The van der Waals surface area contributed by atoms with Crippen molar-refractivity contribution in [3.05, 3.63) is 0 Å². The Hall–Kier alpha value is 0.920. The van der Waals surface area contributed by atoms with Gasteiger partial charge in [-0.3, -0.25) is 0 Å². The molecule has 0 N–H and O–H groups in total. The van der Waals surface area contributed by atoms with Gasteiger partial charge in [0.1, 0.15) is 0 Å². The van der Waals surface area contributed by atoms with E-state index in [1.165, 1.54) is 0 Å². The van der Waals surface area contributed by atoms with Crippen LogP contribution in [0.25, 0.3) is 0 Å². The maximum atomic E-state index is 5.10. The summed E-state index contributed by atoms with van der Waals surface area (Å²) < 4.78 is 10.1. The molecule has 2 nitrogen and oxygen atoms in total. The van der Waals surface area contributed by atoms with E-state index >= 15 is 0 Å². The smallest absolute Gasteiger partial charge is 0.246 e. The highest BCUT2D eigenvalue weighted by molar-refractivity contribution is 8.67. The van der Waals surface area contributed by atoms with Crippen molar-refractivity contribution in [3.8, 4) is 0 Å². The van der Waals surface area contributed by atoms with Gasteiger partial charge in [-0.15, -0.1) is 0 Å². The van der Waals surface area contributed by atoms with E-state index in [1.807, 2.05) is 0 Å². The van der Waals surface area contributed by atoms with Crippen LogP contribution in [0.5, 0.6) is 0 Å². The third kappa shape index (κ3) is 3.94. The zero-order valence-corrected chi connectivity index (χ0v) is 9.02. The topological polar surface area (TPSA) is 18.5 Å². The van der Waals surface area contributed by atoms with E-state index < -0.39 is 5.69 Å². The molecular formula is C5H13O2PS2. The lowest BCUT2D eigenvalue weighted by atomic mass is 10.6. The molecule has 0 radical (unpaired) electrons. The molecule has 5 heteroatoms. The average Bonchev–Trinajstić information content (AvgIpc) is 2.00. The Morgan fingerprint density at radius 3 is 2.20 bits per heavy atom. The van der Waals surface area contributed by atoms with Crippen LogP contribution in [0.1, 0.15) is 13.3 Å². The van der Waals surface area contributed by atoms with Crippen molar-refractivity contribution in [1.82, 2.24) is 0 Å². The Morgan fingerprint density at radius 2 is 1.90 bits per heavy atom. The van der Waals surface area contributed by atoms with Gasteiger partial charge in [-0.05, 0) is 18.2 Å². The summed E-state index contributed by atoms with van der Waals surface area (Å²) in [4.78, 5) is 0. The molecule has 0 aromatic rings. The first-order valence-corrected chi connectivity index (χ1v) is 7.27. The first kappa shape index (κ1) is 10.9. The van der Waals surface area contributed by atoms with Crippen molar-refractivity contribution in [2.75, 3.05) is 20.0 Å². The van der Waals surface area contributed by atoms with Crippen LogP contribution in [0.2, 0.25) is 0 Å². The summed E-state index contributed by atoms with van der Waals surface area (Å²) in [7, 11) is 3.21. The Labute approximate surface area is 71.6 Å². The molecule has 0 bridgehead atoms. The minimum atomic E-state index is -1.95. The molecule has 0 saturated heterocycles. The highest BCUT2D eigenvalue weighted by atomic mass is 32.9. The maximum Gasteiger partial charge on any atom is 0.246 e. The van der Waals surface area contributed by atoms with Crippen LogP contribution in [0.3, 0.4) is 0 Å². The second-order valence-corrected chi connectivity index (χ2v) is 8.29. The molecule has 0 unspecified atom stereocenters. The molecule has 0 rings (SSSR count). The molecule has 0 aliphatic heterocycles. The monoisotopic (exact) mass is 200 g/mol. The fourth-order valence-electron chi connectivity index (χ4n) is 0.383. The van der Waals surface area contributed by atoms with E-state index in [9.17, 15) is 0 Å². The van der Waals surface area contributed by atoms with E-state index in [-0.39, 0.29) is 0 Å². The minimum Gasteiger partial charge on any atom is -0.325 e. The number of hydrogen-bond acceptors (Lipinski definition) is 4. The standard InChI is InChI=1S/C5H13O2PS2/c1-4-5-10-8(9,6-2)7-3/h4-5H2,1-3H3. The van der Waals surface area contributed by atoms with Crippen LogP contribution in [0.15, 0.2) is 0 Å². The third-order valence-corrected chi connectivity index (χ3v) is 6.94. The largest absolute Gasteiger partial charge is 0.325 e. The first-order chi connectivity index (χ1) is 4.68. The van der Waals surface area contributed by atoms with Crippen LogP contribution in [0.4, 0.5) is 0 Å². The van der Waals surface area contributed by atoms with Crippen molar-refractivity contribution in [2.24, 2.45) is 0 Å². The van der Waals surface area contributed by atoms with E-state index in [0.29, 0.717) is 0 Å². The molecular weight excluding hydrogens is 187 g/mol. The van der Waals surface area contributed by atoms with Crippen LogP contribution >= 0.6 is 17.1 Å². The van der Waals surface area contributed by atoms with E-state index in [1.54, 1.807) is 25.6 Å². The lowest BCUT2D eigenvalue weighted by Gasteiger charge is -2.15. The Balaban J connectivity index is 3.70. The lowest BCUT2D eigenvalue weighted by Crippen LogP contribution is -1.84.